The van der Waals surface area contributed by atoms with Crippen LogP contribution >= 0.6 is 0 Å². The van der Waals surface area contributed by atoms with E-state index in [1.807, 2.05) is 29.0 Å². The standard InChI is InChI=1S/C26H35N5O3/c1-4-5-11-21(30(2)20-10-8-9-18(16-20)24(27)28)26(32)34-22-13-12-19(17-23(22)33-3)25(29)31-14-6-7-15-31/h8-10,12-13,16-17,21,29H,4-7,11,14-15H2,1-3H3,(H3,27,28)/t21-/m0/s1. The predicted octanol–water partition coefficient (Wildman–Crippen LogP) is 4.00. The second kappa shape index (κ2) is 11.5. The second-order valence-corrected chi connectivity index (χ2v) is 8.56. The van der Waals surface area contributed by atoms with E-state index in [0.29, 0.717) is 29.3 Å². The van der Waals surface area contributed by atoms with Crippen LogP contribution in [-0.2, 0) is 4.79 Å². The molecular weight excluding hydrogens is 430 g/mol. The number of esters is 1. The van der Waals surface area contributed by atoms with Gasteiger partial charge in [0.05, 0.1) is 7.11 Å². The Hall–Kier alpha value is -3.55. The lowest BCUT2D eigenvalue weighted by Crippen LogP contribution is -2.41. The highest BCUT2D eigenvalue weighted by Gasteiger charge is 2.27. The van der Waals surface area contributed by atoms with E-state index in [9.17, 15) is 4.79 Å². The number of nitrogen functional groups attached to an aromatic ring is 1. The summed E-state index contributed by atoms with van der Waals surface area (Å²) in [5, 5.41) is 16.2. The van der Waals surface area contributed by atoms with Gasteiger partial charge in [0.25, 0.3) is 0 Å². The van der Waals surface area contributed by atoms with Crippen LogP contribution in [0, 0.1) is 10.8 Å². The topological polar surface area (TPSA) is 116 Å². The van der Waals surface area contributed by atoms with Crippen LogP contribution in [0.1, 0.15) is 50.2 Å². The predicted molar refractivity (Wildman–Crippen MR) is 135 cm³/mol. The van der Waals surface area contributed by atoms with Gasteiger partial charge in [-0.05, 0) is 49.6 Å². The Kier molecular flexibility index (Phi) is 8.51. The Bertz CT molecular complexity index is 1030. The molecule has 0 aromatic heterocycles. The third-order valence-electron chi connectivity index (χ3n) is 6.21. The van der Waals surface area contributed by atoms with E-state index < -0.39 is 6.04 Å². The number of hydrogen-bond acceptors (Lipinski definition) is 6. The maximum absolute atomic E-state index is 13.3. The van der Waals surface area contributed by atoms with E-state index in [1.54, 1.807) is 30.3 Å². The molecule has 0 spiro atoms. The Morgan fingerprint density at radius 2 is 1.85 bits per heavy atom. The summed E-state index contributed by atoms with van der Waals surface area (Å²) in [6, 6.07) is 12.0. The summed E-state index contributed by atoms with van der Waals surface area (Å²) < 4.78 is 11.3. The van der Waals surface area contributed by atoms with E-state index >= 15 is 0 Å². The molecule has 2 aromatic carbocycles. The Morgan fingerprint density at radius 1 is 1.12 bits per heavy atom. The number of hydrogen-bond donors (Lipinski definition) is 3. The van der Waals surface area contributed by atoms with Crippen molar-refractivity contribution in [3.05, 3.63) is 53.6 Å². The van der Waals surface area contributed by atoms with Crippen molar-refractivity contribution in [1.29, 1.82) is 10.8 Å². The minimum absolute atomic E-state index is 0.0211. The maximum Gasteiger partial charge on any atom is 0.334 e. The summed E-state index contributed by atoms with van der Waals surface area (Å²) in [5.41, 5.74) is 7.77. The molecule has 1 saturated heterocycles. The fraction of sp³-hybridized carbons (Fsp3) is 0.423. The van der Waals surface area contributed by atoms with Crippen LogP contribution in [-0.4, -0.2) is 55.8 Å². The third kappa shape index (κ3) is 5.87. The van der Waals surface area contributed by atoms with E-state index in [4.69, 9.17) is 26.0 Å². The molecular formula is C26H35N5O3. The molecule has 8 nitrogen and oxygen atoms in total. The van der Waals surface area contributed by atoms with Gasteiger partial charge < -0.3 is 25.0 Å². The molecule has 0 bridgehead atoms. The average molecular weight is 466 g/mol. The number of nitrogens with two attached hydrogens (primary N) is 1. The Morgan fingerprint density at radius 3 is 2.50 bits per heavy atom. The van der Waals surface area contributed by atoms with Crippen molar-refractivity contribution in [2.45, 2.75) is 45.1 Å². The highest BCUT2D eigenvalue weighted by Crippen LogP contribution is 2.30. The number of nitrogens with one attached hydrogen (secondary N) is 2. The maximum atomic E-state index is 13.3. The molecule has 2 aromatic rings. The number of carbonyl (C=O) groups excluding carboxylic acids is 1. The second-order valence-electron chi connectivity index (χ2n) is 8.56. The first-order valence-electron chi connectivity index (χ1n) is 11.8. The summed E-state index contributed by atoms with van der Waals surface area (Å²) in [6.07, 6.45) is 4.62. The number of benzene rings is 2. The van der Waals surface area contributed by atoms with Crippen molar-refractivity contribution >= 4 is 23.3 Å². The number of likely N-dealkylation sites (N-methyl/N-ethyl adjacent to an activating group) is 1. The van der Waals surface area contributed by atoms with Gasteiger partial charge in [-0.3, -0.25) is 10.8 Å². The number of amidine groups is 2. The molecule has 0 saturated carbocycles. The SMILES string of the molecule is CCCC[C@@H](C(=O)Oc1ccc(C(=N)N2CCCC2)cc1OC)N(C)c1cccc(C(=N)N)c1. The minimum atomic E-state index is -0.519. The zero-order valence-electron chi connectivity index (χ0n) is 20.3. The van der Waals surface area contributed by atoms with Gasteiger partial charge in [0.15, 0.2) is 11.5 Å². The molecule has 4 N–H and O–H groups in total. The van der Waals surface area contributed by atoms with Crippen LogP contribution in [0.15, 0.2) is 42.5 Å². The molecule has 0 radical (unpaired) electrons. The van der Waals surface area contributed by atoms with Gasteiger partial charge in [0, 0.05) is 37.0 Å². The van der Waals surface area contributed by atoms with Crippen molar-refractivity contribution in [3.63, 3.8) is 0 Å². The van der Waals surface area contributed by atoms with Crippen LogP contribution in [0.4, 0.5) is 5.69 Å². The van der Waals surface area contributed by atoms with Crippen LogP contribution < -0.4 is 20.1 Å². The van der Waals surface area contributed by atoms with E-state index in [1.165, 1.54) is 7.11 Å². The number of nitrogens with zero attached hydrogens (tertiary/aromatic N) is 2. The molecule has 0 aliphatic carbocycles. The quantitative estimate of drug-likeness (QED) is 0.211. The molecule has 1 heterocycles. The van der Waals surface area contributed by atoms with Crippen molar-refractivity contribution in [3.8, 4) is 11.5 Å². The number of methoxy groups -OCH3 is 1. The first-order valence-corrected chi connectivity index (χ1v) is 11.8. The van der Waals surface area contributed by atoms with E-state index in [0.717, 1.165) is 50.0 Å². The molecule has 0 unspecified atom stereocenters. The highest BCUT2D eigenvalue weighted by atomic mass is 16.6. The molecule has 34 heavy (non-hydrogen) atoms. The largest absolute Gasteiger partial charge is 0.493 e. The summed E-state index contributed by atoms with van der Waals surface area (Å²) in [7, 11) is 3.38. The highest BCUT2D eigenvalue weighted by molar-refractivity contribution is 5.97. The van der Waals surface area contributed by atoms with Crippen LogP contribution in [0.3, 0.4) is 0 Å². The van der Waals surface area contributed by atoms with Gasteiger partial charge in [0.1, 0.15) is 17.7 Å². The van der Waals surface area contributed by atoms with Gasteiger partial charge in [-0.25, -0.2) is 4.79 Å². The number of anilines is 1. The van der Waals surface area contributed by atoms with Gasteiger partial charge in [-0.1, -0.05) is 31.9 Å². The van der Waals surface area contributed by atoms with E-state index in [2.05, 4.69) is 6.92 Å². The molecule has 0 amide bonds. The van der Waals surface area contributed by atoms with E-state index in [-0.39, 0.29) is 11.8 Å². The van der Waals surface area contributed by atoms with Gasteiger partial charge >= 0.3 is 5.97 Å². The number of rotatable bonds is 10. The van der Waals surface area contributed by atoms with Crippen molar-refractivity contribution in [1.82, 2.24) is 4.90 Å². The fourth-order valence-electron chi connectivity index (χ4n) is 4.14. The summed E-state index contributed by atoms with van der Waals surface area (Å²) in [6.45, 7) is 3.85. The number of carbonyl (C=O) groups is 1. The Balaban J connectivity index is 1.81. The average Bonchev–Trinajstić information content (AvgIpc) is 3.39. The molecule has 1 aliphatic heterocycles. The van der Waals surface area contributed by atoms with Crippen molar-refractivity contribution < 1.29 is 14.3 Å². The number of likely N-dealkylation sites (tertiary alicyclic amines) is 1. The Labute approximate surface area is 201 Å². The fourth-order valence-corrected chi connectivity index (χ4v) is 4.14. The third-order valence-corrected chi connectivity index (χ3v) is 6.21. The summed E-state index contributed by atoms with van der Waals surface area (Å²) in [5.74, 6) is 0.805. The molecule has 8 heteroatoms. The molecule has 1 aliphatic rings. The summed E-state index contributed by atoms with van der Waals surface area (Å²) in [4.78, 5) is 17.2. The van der Waals surface area contributed by atoms with Gasteiger partial charge in [0.2, 0.25) is 0 Å². The number of unbranched alkanes of at least 4 members (excludes halogenated alkanes) is 1. The smallest absolute Gasteiger partial charge is 0.334 e. The number of ether oxygens (including phenoxy) is 2. The first kappa shape index (κ1) is 25.1. The van der Waals surface area contributed by atoms with Gasteiger partial charge in [-0.2, -0.15) is 0 Å². The molecule has 1 atom stereocenters. The van der Waals surface area contributed by atoms with Crippen LogP contribution in [0.2, 0.25) is 0 Å². The van der Waals surface area contributed by atoms with Crippen molar-refractivity contribution in [2.24, 2.45) is 5.73 Å². The van der Waals surface area contributed by atoms with Crippen molar-refractivity contribution in [2.75, 3.05) is 32.1 Å². The molecule has 1 fully saturated rings. The first-order chi connectivity index (χ1) is 16.3. The summed E-state index contributed by atoms with van der Waals surface area (Å²) >= 11 is 0. The lowest BCUT2D eigenvalue weighted by Gasteiger charge is -2.29. The molecule has 3 rings (SSSR count). The monoisotopic (exact) mass is 465 g/mol. The van der Waals surface area contributed by atoms with Gasteiger partial charge in [-0.15, -0.1) is 0 Å². The minimum Gasteiger partial charge on any atom is -0.493 e. The lowest BCUT2D eigenvalue weighted by molar-refractivity contribution is -0.136. The zero-order valence-corrected chi connectivity index (χ0v) is 20.3. The normalized spacial score (nSPS) is 13.9. The zero-order chi connectivity index (χ0) is 24.7. The van der Waals surface area contributed by atoms with Crippen LogP contribution in [0.25, 0.3) is 0 Å². The molecule has 182 valence electrons. The van der Waals surface area contributed by atoms with Crippen LogP contribution in [0.5, 0.6) is 11.5 Å². The lowest BCUT2D eigenvalue weighted by atomic mass is 10.1.